The fourth-order valence-electron chi connectivity index (χ4n) is 2.77. The topological polar surface area (TPSA) is 49.4 Å². The zero-order valence-electron chi connectivity index (χ0n) is 12.3. The summed E-state index contributed by atoms with van der Waals surface area (Å²) in [5.41, 5.74) is 0. The molecule has 6 heteroatoms. The Bertz CT molecular complexity index is 728. The normalized spacial score (nSPS) is 18.5. The number of halogens is 1. The molecular formula is C16H17ClN2O2S. The Hall–Kier alpha value is -1.59. The van der Waals surface area contributed by atoms with Crippen molar-refractivity contribution in [1.82, 2.24) is 10.2 Å². The van der Waals surface area contributed by atoms with Crippen LogP contribution in [0, 0.1) is 0 Å². The van der Waals surface area contributed by atoms with E-state index in [1.165, 1.54) is 11.3 Å². The lowest BCUT2D eigenvalue weighted by molar-refractivity contribution is -0.130. The molecule has 1 N–H and O–H groups in total. The molecule has 2 amide bonds. The third-order valence-electron chi connectivity index (χ3n) is 3.93. The van der Waals surface area contributed by atoms with E-state index in [9.17, 15) is 9.59 Å². The minimum Gasteiger partial charge on any atom is -0.347 e. The van der Waals surface area contributed by atoms with Gasteiger partial charge in [-0.25, -0.2) is 0 Å². The second kappa shape index (κ2) is 6.26. The average Bonchev–Trinajstić information content (AvgIpc) is 2.93. The highest BCUT2D eigenvalue weighted by Crippen LogP contribution is 2.31. The molecule has 2 aromatic rings. The number of hydrogen-bond donors (Lipinski definition) is 1. The number of benzene rings is 1. The number of nitrogens with one attached hydrogen (secondary N) is 1. The molecule has 116 valence electrons. The van der Waals surface area contributed by atoms with Crippen LogP contribution >= 0.6 is 22.9 Å². The van der Waals surface area contributed by atoms with Crippen molar-refractivity contribution in [2.24, 2.45) is 0 Å². The van der Waals surface area contributed by atoms with E-state index in [0.717, 1.165) is 29.5 Å². The van der Waals surface area contributed by atoms with Gasteiger partial charge in [-0.3, -0.25) is 9.59 Å². The molecule has 0 aliphatic carbocycles. The van der Waals surface area contributed by atoms with E-state index >= 15 is 0 Å². The monoisotopic (exact) mass is 336 g/mol. The van der Waals surface area contributed by atoms with E-state index in [2.05, 4.69) is 5.32 Å². The molecule has 0 radical (unpaired) electrons. The van der Waals surface area contributed by atoms with Crippen LogP contribution in [0.3, 0.4) is 0 Å². The number of nitrogens with zero attached hydrogens (tertiary/aromatic N) is 1. The Balaban J connectivity index is 1.73. The number of piperidine rings is 1. The highest BCUT2D eigenvalue weighted by Gasteiger charge is 2.23. The molecule has 0 unspecified atom stereocenters. The van der Waals surface area contributed by atoms with Gasteiger partial charge in [0, 0.05) is 41.2 Å². The van der Waals surface area contributed by atoms with Gasteiger partial charge in [-0.1, -0.05) is 17.7 Å². The summed E-state index contributed by atoms with van der Waals surface area (Å²) in [5.74, 6) is -0.0275. The van der Waals surface area contributed by atoms with Gasteiger partial charge in [0.2, 0.25) is 5.91 Å². The van der Waals surface area contributed by atoms with Crippen LogP contribution in [0.15, 0.2) is 24.3 Å². The van der Waals surface area contributed by atoms with Gasteiger partial charge in [-0.15, -0.1) is 11.3 Å². The molecule has 1 aliphatic rings. The second-order valence-corrected chi connectivity index (χ2v) is 7.03. The highest BCUT2D eigenvalue weighted by molar-refractivity contribution is 7.20. The van der Waals surface area contributed by atoms with Crippen LogP contribution < -0.4 is 5.32 Å². The van der Waals surface area contributed by atoms with E-state index in [-0.39, 0.29) is 17.9 Å². The minimum atomic E-state index is -0.0901. The molecule has 3 rings (SSSR count). The summed E-state index contributed by atoms with van der Waals surface area (Å²) in [5, 5.41) is 4.61. The van der Waals surface area contributed by atoms with Gasteiger partial charge in [-0.2, -0.15) is 0 Å². The Morgan fingerprint density at radius 2 is 2.23 bits per heavy atom. The highest BCUT2D eigenvalue weighted by atomic mass is 35.5. The van der Waals surface area contributed by atoms with E-state index < -0.39 is 0 Å². The predicted octanol–water partition coefficient (Wildman–Crippen LogP) is 3.30. The van der Waals surface area contributed by atoms with E-state index in [1.54, 1.807) is 11.8 Å². The summed E-state index contributed by atoms with van der Waals surface area (Å²) in [7, 11) is 0. The number of carbonyl (C=O) groups excluding carboxylic acids is 2. The summed E-state index contributed by atoms with van der Waals surface area (Å²) in [6, 6.07) is 7.52. The zero-order valence-corrected chi connectivity index (χ0v) is 13.8. The van der Waals surface area contributed by atoms with Crippen LogP contribution in [-0.2, 0) is 4.79 Å². The third-order valence-corrected chi connectivity index (χ3v) is 5.36. The van der Waals surface area contributed by atoms with Crippen molar-refractivity contribution in [1.29, 1.82) is 0 Å². The lowest BCUT2D eigenvalue weighted by Gasteiger charge is -2.32. The van der Waals surface area contributed by atoms with E-state index in [4.69, 9.17) is 11.6 Å². The van der Waals surface area contributed by atoms with Crippen LogP contribution in [0.1, 0.15) is 29.4 Å². The third kappa shape index (κ3) is 3.10. The molecule has 4 nitrogen and oxygen atoms in total. The number of likely N-dealkylation sites (tertiary alicyclic amines) is 1. The van der Waals surface area contributed by atoms with Gasteiger partial charge < -0.3 is 10.2 Å². The molecule has 0 saturated carbocycles. The van der Waals surface area contributed by atoms with Crippen LogP contribution in [0.5, 0.6) is 0 Å². The quantitative estimate of drug-likeness (QED) is 0.914. The Morgan fingerprint density at radius 3 is 2.95 bits per heavy atom. The van der Waals surface area contributed by atoms with Gasteiger partial charge >= 0.3 is 0 Å². The van der Waals surface area contributed by atoms with Crippen LogP contribution in [-0.4, -0.2) is 35.8 Å². The molecule has 1 saturated heterocycles. The largest absolute Gasteiger partial charge is 0.347 e. The first-order valence-corrected chi connectivity index (χ1v) is 8.48. The maximum absolute atomic E-state index is 12.4. The van der Waals surface area contributed by atoms with Crippen LogP contribution in [0.4, 0.5) is 0 Å². The first-order valence-electron chi connectivity index (χ1n) is 7.29. The maximum atomic E-state index is 12.4. The van der Waals surface area contributed by atoms with Gasteiger partial charge in [0.05, 0.1) is 4.88 Å². The fourth-order valence-corrected chi connectivity index (χ4v) is 4.05. The van der Waals surface area contributed by atoms with Gasteiger partial charge in [0.15, 0.2) is 0 Å². The summed E-state index contributed by atoms with van der Waals surface area (Å²) in [4.78, 5) is 26.3. The smallest absolute Gasteiger partial charge is 0.261 e. The predicted molar refractivity (Wildman–Crippen MR) is 89.6 cm³/mol. The van der Waals surface area contributed by atoms with Crippen molar-refractivity contribution in [3.05, 3.63) is 34.2 Å². The molecule has 1 aromatic heterocycles. The molecule has 1 aromatic carbocycles. The van der Waals surface area contributed by atoms with Crippen molar-refractivity contribution in [2.75, 3.05) is 13.1 Å². The van der Waals surface area contributed by atoms with Gasteiger partial charge in [0.25, 0.3) is 5.91 Å². The number of hydrogen-bond acceptors (Lipinski definition) is 3. The standard InChI is InChI=1S/C16H17ClN2O2S/c1-10(20)19-7-3-4-11(9-19)18-16(21)15-8-12-13(17)5-2-6-14(12)22-15/h2,5-6,8,11H,3-4,7,9H2,1H3,(H,18,21)/t11-/m1/s1. The summed E-state index contributed by atoms with van der Waals surface area (Å²) in [6.07, 6.45) is 1.82. The molecular weight excluding hydrogens is 320 g/mol. The van der Waals surface area contributed by atoms with Gasteiger partial charge in [0.1, 0.15) is 0 Å². The molecule has 1 atom stereocenters. The first kappa shape index (κ1) is 15.3. The summed E-state index contributed by atoms with van der Waals surface area (Å²) >= 11 is 7.59. The van der Waals surface area contributed by atoms with Crippen molar-refractivity contribution in [3.63, 3.8) is 0 Å². The number of fused-ring (bicyclic) bond motifs is 1. The van der Waals surface area contributed by atoms with E-state index in [1.807, 2.05) is 24.3 Å². The first-order chi connectivity index (χ1) is 10.5. The molecule has 22 heavy (non-hydrogen) atoms. The minimum absolute atomic E-state index is 0.0193. The maximum Gasteiger partial charge on any atom is 0.261 e. The van der Waals surface area contributed by atoms with Crippen molar-refractivity contribution in [3.8, 4) is 0 Å². The summed E-state index contributed by atoms with van der Waals surface area (Å²) in [6.45, 7) is 2.94. The molecule has 1 aliphatic heterocycles. The van der Waals surface area contributed by atoms with E-state index in [0.29, 0.717) is 16.4 Å². The molecule has 2 heterocycles. The Morgan fingerprint density at radius 1 is 1.41 bits per heavy atom. The second-order valence-electron chi connectivity index (χ2n) is 5.54. The SMILES string of the molecule is CC(=O)N1CCC[C@@H](NC(=O)c2cc3c(Cl)cccc3s2)C1. The van der Waals surface area contributed by atoms with Crippen molar-refractivity contribution < 1.29 is 9.59 Å². The molecule has 0 spiro atoms. The molecule has 0 bridgehead atoms. The Labute approximate surface area is 138 Å². The lowest BCUT2D eigenvalue weighted by atomic mass is 10.1. The Kier molecular flexibility index (Phi) is 4.36. The van der Waals surface area contributed by atoms with Crippen molar-refractivity contribution >= 4 is 44.8 Å². The average molecular weight is 337 g/mol. The number of amides is 2. The van der Waals surface area contributed by atoms with Crippen LogP contribution in [0.25, 0.3) is 10.1 Å². The lowest BCUT2D eigenvalue weighted by Crippen LogP contribution is -2.48. The van der Waals surface area contributed by atoms with Crippen LogP contribution in [0.2, 0.25) is 5.02 Å². The molecule has 1 fully saturated rings. The fraction of sp³-hybridized carbons (Fsp3) is 0.375. The zero-order chi connectivity index (χ0) is 15.7. The number of carbonyl (C=O) groups is 2. The van der Waals surface area contributed by atoms with Gasteiger partial charge in [-0.05, 0) is 31.0 Å². The number of thiophene rings is 1. The number of rotatable bonds is 2. The van der Waals surface area contributed by atoms with Crippen molar-refractivity contribution in [2.45, 2.75) is 25.8 Å². The summed E-state index contributed by atoms with van der Waals surface area (Å²) < 4.78 is 1.01.